The van der Waals surface area contributed by atoms with Crippen molar-refractivity contribution < 1.29 is 26.7 Å². The summed E-state index contributed by atoms with van der Waals surface area (Å²) in [6, 6.07) is 5.09. The van der Waals surface area contributed by atoms with Crippen LogP contribution in [0, 0.1) is 11.3 Å². The van der Waals surface area contributed by atoms with Gasteiger partial charge < -0.3 is 5.32 Å². The van der Waals surface area contributed by atoms with E-state index in [0.717, 1.165) is 12.1 Å². The van der Waals surface area contributed by atoms with E-state index in [1.807, 2.05) is 0 Å². The maximum Gasteiger partial charge on any atom is 0.463 e. The van der Waals surface area contributed by atoms with Gasteiger partial charge in [0.1, 0.15) is 0 Å². The first kappa shape index (κ1) is 15.4. The number of halogens is 6. The zero-order chi connectivity index (χ0) is 14.8. The number of nitrogens with one attached hydrogen (secondary N) is 1. The van der Waals surface area contributed by atoms with E-state index in [4.69, 9.17) is 5.26 Å². The Hall–Kier alpha value is -1.69. The van der Waals surface area contributed by atoms with Gasteiger partial charge in [-0.1, -0.05) is 0 Å². The number of rotatable bonds is 2. The number of benzene rings is 1. The van der Waals surface area contributed by atoms with Gasteiger partial charge in [0.25, 0.3) is 0 Å². The van der Waals surface area contributed by atoms with Gasteiger partial charge in [0.05, 0.1) is 17.3 Å². The molecule has 0 spiro atoms. The zero-order valence-corrected chi connectivity index (χ0v) is 10.4. The first-order valence-corrected chi connectivity index (χ1v) is 5.34. The van der Waals surface area contributed by atoms with Crippen LogP contribution in [-0.2, 0) is 4.79 Å². The van der Waals surface area contributed by atoms with E-state index in [1.54, 1.807) is 6.07 Å². The van der Waals surface area contributed by atoms with Gasteiger partial charge in [0, 0.05) is 4.47 Å². The second-order valence-corrected chi connectivity index (χ2v) is 4.19. The molecule has 0 fully saturated rings. The molecule has 0 radical (unpaired) electrons. The minimum atomic E-state index is -5.98. The van der Waals surface area contributed by atoms with Gasteiger partial charge in [-0.2, -0.15) is 27.2 Å². The van der Waals surface area contributed by atoms with Crippen LogP contribution in [-0.4, -0.2) is 18.0 Å². The molecule has 1 aromatic rings. The average Bonchev–Trinajstić information content (AvgIpc) is 2.30. The number of nitriles is 1. The van der Waals surface area contributed by atoms with Crippen LogP contribution < -0.4 is 5.32 Å². The predicted octanol–water partition coefficient (Wildman–Crippen LogP) is 3.46. The lowest BCUT2D eigenvalue weighted by Crippen LogP contribution is -2.47. The third kappa shape index (κ3) is 3.20. The quantitative estimate of drug-likeness (QED) is 0.837. The second kappa shape index (κ2) is 5.13. The van der Waals surface area contributed by atoms with Gasteiger partial charge in [-0.05, 0) is 34.1 Å². The van der Waals surface area contributed by atoms with Crippen LogP contribution in [0.3, 0.4) is 0 Å². The highest BCUT2D eigenvalue weighted by atomic mass is 79.9. The number of carbonyl (C=O) groups excluding carboxylic acids is 1. The molecule has 0 heterocycles. The van der Waals surface area contributed by atoms with Crippen molar-refractivity contribution in [2.75, 3.05) is 5.32 Å². The van der Waals surface area contributed by atoms with Crippen LogP contribution in [0.15, 0.2) is 22.7 Å². The van der Waals surface area contributed by atoms with Crippen molar-refractivity contribution in [1.29, 1.82) is 5.26 Å². The van der Waals surface area contributed by atoms with E-state index in [1.165, 1.54) is 11.4 Å². The number of hydrogen-bond donors (Lipinski definition) is 1. The lowest BCUT2D eigenvalue weighted by molar-refractivity contribution is -0.267. The first-order chi connectivity index (χ1) is 8.59. The SMILES string of the molecule is N#Cc1ccc(NC(=O)C(F)(F)C(F)(F)F)c(Br)c1. The molecule has 3 nitrogen and oxygen atoms in total. The van der Waals surface area contributed by atoms with E-state index in [2.05, 4.69) is 15.9 Å². The Morgan fingerprint density at radius 1 is 1.26 bits per heavy atom. The third-order valence-electron chi connectivity index (χ3n) is 1.99. The van der Waals surface area contributed by atoms with Gasteiger partial charge in [-0.25, -0.2) is 0 Å². The normalized spacial score (nSPS) is 11.8. The van der Waals surface area contributed by atoms with Crippen molar-refractivity contribution in [3.05, 3.63) is 28.2 Å². The second-order valence-electron chi connectivity index (χ2n) is 3.33. The highest BCUT2D eigenvalue weighted by Gasteiger charge is 2.63. The fourth-order valence-corrected chi connectivity index (χ4v) is 1.49. The Labute approximate surface area is 112 Å². The van der Waals surface area contributed by atoms with Crippen LogP contribution in [0.2, 0.25) is 0 Å². The molecule has 0 aromatic heterocycles. The third-order valence-corrected chi connectivity index (χ3v) is 2.64. The number of amides is 1. The molecule has 102 valence electrons. The minimum absolute atomic E-state index is 0.0119. The summed E-state index contributed by atoms with van der Waals surface area (Å²) in [6.07, 6.45) is -5.98. The Morgan fingerprint density at radius 3 is 2.26 bits per heavy atom. The average molecular weight is 343 g/mol. The fraction of sp³-hybridized carbons (Fsp3) is 0.200. The Kier molecular flexibility index (Phi) is 4.15. The first-order valence-electron chi connectivity index (χ1n) is 4.55. The maximum atomic E-state index is 12.7. The highest BCUT2D eigenvalue weighted by molar-refractivity contribution is 9.10. The molecule has 0 unspecified atom stereocenters. The van der Waals surface area contributed by atoms with Crippen molar-refractivity contribution in [3.8, 4) is 6.07 Å². The highest BCUT2D eigenvalue weighted by Crippen LogP contribution is 2.36. The molecular weight excluding hydrogens is 339 g/mol. The summed E-state index contributed by atoms with van der Waals surface area (Å²) >= 11 is 2.84. The van der Waals surface area contributed by atoms with Gasteiger partial charge in [-0.3, -0.25) is 4.79 Å². The van der Waals surface area contributed by atoms with E-state index in [0.29, 0.717) is 0 Å². The van der Waals surface area contributed by atoms with Crippen molar-refractivity contribution in [1.82, 2.24) is 0 Å². The van der Waals surface area contributed by atoms with Gasteiger partial charge in [0.15, 0.2) is 0 Å². The number of hydrogen-bond acceptors (Lipinski definition) is 2. The van der Waals surface area contributed by atoms with Crippen molar-refractivity contribution >= 4 is 27.5 Å². The van der Waals surface area contributed by atoms with Gasteiger partial charge in [0.2, 0.25) is 0 Å². The Morgan fingerprint density at radius 2 is 1.84 bits per heavy atom. The van der Waals surface area contributed by atoms with Crippen LogP contribution in [0.5, 0.6) is 0 Å². The smallest absolute Gasteiger partial charge is 0.319 e. The lowest BCUT2D eigenvalue weighted by atomic mass is 10.2. The van der Waals surface area contributed by atoms with Gasteiger partial charge in [-0.15, -0.1) is 0 Å². The number of anilines is 1. The summed E-state index contributed by atoms with van der Waals surface area (Å²) < 4.78 is 61.2. The molecule has 0 aliphatic carbocycles. The van der Waals surface area contributed by atoms with E-state index in [-0.39, 0.29) is 15.7 Å². The number of nitrogens with zero attached hydrogens (tertiary/aromatic N) is 1. The molecule has 1 aromatic carbocycles. The van der Waals surface area contributed by atoms with Crippen LogP contribution in [0.25, 0.3) is 0 Å². The zero-order valence-electron chi connectivity index (χ0n) is 8.86. The molecule has 1 amide bonds. The molecule has 0 saturated carbocycles. The van der Waals surface area contributed by atoms with Crippen LogP contribution in [0.1, 0.15) is 5.56 Å². The summed E-state index contributed by atoms with van der Waals surface area (Å²) in [7, 11) is 0. The molecule has 0 aliphatic heterocycles. The topological polar surface area (TPSA) is 52.9 Å². The minimum Gasteiger partial charge on any atom is -0.319 e. The lowest BCUT2D eigenvalue weighted by Gasteiger charge is -2.19. The summed E-state index contributed by atoms with van der Waals surface area (Å²) in [5.74, 6) is -7.99. The summed E-state index contributed by atoms with van der Waals surface area (Å²) in [6.45, 7) is 0. The largest absolute Gasteiger partial charge is 0.463 e. The molecular formula is C10H4BrF5N2O. The van der Waals surface area contributed by atoms with Crippen molar-refractivity contribution in [2.45, 2.75) is 12.1 Å². The molecule has 0 aliphatic rings. The van der Waals surface area contributed by atoms with Crippen molar-refractivity contribution in [3.63, 3.8) is 0 Å². The number of alkyl halides is 5. The summed E-state index contributed by atoms with van der Waals surface area (Å²) in [5, 5.41) is 9.99. The van der Waals surface area contributed by atoms with Crippen molar-refractivity contribution in [2.24, 2.45) is 0 Å². The molecule has 9 heteroatoms. The predicted molar refractivity (Wildman–Crippen MR) is 58.5 cm³/mol. The molecule has 0 saturated heterocycles. The molecule has 1 rings (SSSR count). The summed E-state index contributed by atoms with van der Waals surface area (Å²) in [5.41, 5.74) is -0.152. The summed E-state index contributed by atoms with van der Waals surface area (Å²) in [4.78, 5) is 10.9. The van der Waals surface area contributed by atoms with E-state index < -0.39 is 18.0 Å². The van der Waals surface area contributed by atoms with E-state index >= 15 is 0 Å². The number of carbonyl (C=O) groups is 1. The van der Waals surface area contributed by atoms with Gasteiger partial charge >= 0.3 is 18.0 Å². The van der Waals surface area contributed by atoms with Crippen LogP contribution in [0.4, 0.5) is 27.6 Å². The van der Waals surface area contributed by atoms with E-state index in [9.17, 15) is 26.7 Å². The molecule has 1 N–H and O–H groups in total. The maximum absolute atomic E-state index is 12.7. The van der Waals surface area contributed by atoms with Crippen LogP contribution >= 0.6 is 15.9 Å². The Balaban J connectivity index is 2.99. The molecule has 19 heavy (non-hydrogen) atoms. The monoisotopic (exact) mass is 342 g/mol. The molecule has 0 bridgehead atoms. The standard InChI is InChI=1S/C10H4BrF5N2O/c11-6-3-5(4-17)1-2-7(6)18-8(19)9(12,13)10(14,15)16/h1-3H,(H,18,19). The fourth-order valence-electron chi connectivity index (χ4n) is 1.02. The Bertz CT molecular complexity index is 550. The molecule has 0 atom stereocenters.